The zero-order valence-electron chi connectivity index (χ0n) is 14.9. The third-order valence-electron chi connectivity index (χ3n) is 3.93. The van der Waals surface area contributed by atoms with Gasteiger partial charge in [0.1, 0.15) is 0 Å². The number of anilines is 2. The maximum Gasteiger partial charge on any atom is 0.411 e. The molecule has 0 saturated carbocycles. The van der Waals surface area contributed by atoms with Crippen LogP contribution in [0.1, 0.15) is 17.4 Å². The van der Waals surface area contributed by atoms with Crippen LogP contribution in [0.25, 0.3) is 10.4 Å². The van der Waals surface area contributed by atoms with E-state index in [4.69, 9.17) is 4.74 Å². The van der Waals surface area contributed by atoms with E-state index in [2.05, 4.69) is 47.0 Å². The van der Waals surface area contributed by atoms with Gasteiger partial charge in [0.2, 0.25) is 0 Å². The molecule has 0 atom stereocenters. The van der Waals surface area contributed by atoms with Crippen molar-refractivity contribution >= 4 is 28.8 Å². The fourth-order valence-electron chi connectivity index (χ4n) is 2.61. The summed E-state index contributed by atoms with van der Waals surface area (Å²) in [6.07, 6.45) is -0.427. The molecule has 1 amide bonds. The molecule has 134 valence electrons. The quantitative estimate of drug-likeness (QED) is 0.571. The minimum atomic E-state index is -0.427. The van der Waals surface area contributed by atoms with Gasteiger partial charge in [0.25, 0.3) is 0 Å². The second-order valence-corrected chi connectivity index (χ2v) is 7.03. The van der Waals surface area contributed by atoms with Crippen molar-refractivity contribution in [1.29, 1.82) is 0 Å². The van der Waals surface area contributed by atoms with Gasteiger partial charge in [-0.2, -0.15) is 0 Å². The molecule has 5 heteroatoms. The van der Waals surface area contributed by atoms with Crippen molar-refractivity contribution in [2.45, 2.75) is 20.4 Å². The second-order valence-electron chi connectivity index (χ2n) is 5.86. The number of carbonyl (C=O) groups excluding carboxylic acids is 1. The summed E-state index contributed by atoms with van der Waals surface area (Å²) in [5, 5.41) is 6.19. The van der Waals surface area contributed by atoms with E-state index in [-0.39, 0.29) is 0 Å². The van der Waals surface area contributed by atoms with Gasteiger partial charge >= 0.3 is 6.09 Å². The number of aryl methyl sites for hydroxylation is 1. The fraction of sp³-hybridized carbons (Fsp3) is 0.190. The SMILES string of the molecule is CCOC(=O)Nc1ccc(NCc2ccc(-c3ccccc3)s2)cc1C. The lowest BCUT2D eigenvalue weighted by Crippen LogP contribution is -2.14. The van der Waals surface area contributed by atoms with Crippen LogP contribution in [0.4, 0.5) is 16.2 Å². The highest BCUT2D eigenvalue weighted by molar-refractivity contribution is 7.15. The molecule has 0 bridgehead atoms. The number of hydrogen-bond donors (Lipinski definition) is 2. The van der Waals surface area contributed by atoms with Gasteiger partial charge in [-0.05, 0) is 55.3 Å². The highest BCUT2D eigenvalue weighted by Crippen LogP contribution is 2.28. The molecule has 0 fully saturated rings. The van der Waals surface area contributed by atoms with Crippen LogP contribution < -0.4 is 10.6 Å². The number of carbonyl (C=O) groups is 1. The monoisotopic (exact) mass is 366 g/mol. The maximum atomic E-state index is 11.5. The van der Waals surface area contributed by atoms with Crippen molar-refractivity contribution in [3.63, 3.8) is 0 Å². The molecule has 2 aromatic carbocycles. The highest BCUT2D eigenvalue weighted by Gasteiger charge is 2.06. The van der Waals surface area contributed by atoms with Gasteiger partial charge in [-0.3, -0.25) is 5.32 Å². The number of ether oxygens (including phenoxy) is 1. The lowest BCUT2D eigenvalue weighted by molar-refractivity contribution is 0.168. The van der Waals surface area contributed by atoms with Crippen molar-refractivity contribution < 1.29 is 9.53 Å². The molecule has 0 unspecified atom stereocenters. The Labute approximate surface area is 157 Å². The van der Waals surface area contributed by atoms with Gasteiger partial charge in [-0.1, -0.05) is 30.3 Å². The predicted octanol–water partition coefficient (Wildman–Crippen LogP) is 5.90. The standard InChI is InChI=1S/C21H22N2O2S/c1-3-25-21(24)23-19-11-9-17(13-15(19)2)22-14-18-10-12-20(26-18)16-7-5-4-6-8-16/h4-13,22H,3,14H2,1-2H3,(H,23,24). The molecule has 0 saturated heterocycles. The van der Waals surface area contributed by atoms with Crippen LogP contribution in [-0.4, -0.2) is 12.7 Å². The first-order chi connectivity index (χ1) is 12.7. The molecular formula is C21H22N2O2S. The van der Waals surface area contributed by atoms with Crippen molar-refractivity contribution in [3.8, 4) is 10.4 Å². The third-order valence-corrected chi connectivity index (χ3v) is 5.06. The van der Waals surface area contributed by atoms with Crippen molar-refractivity contribution in [1.82, 2.24) is 0 Å². The molecule has 1 aromatic heterocycles. The van der Waals surface area contributed by atoms with Gasteiger partial charge in [0.05, 0.1) is 6.61 Å². The van der Waals surface area contributed by atoms with Gasteiger partial charge in [-0.15, -0.1) is 11.3 Å². The van der Waals surface area contributed by atoms with E-state index in [1.54, 1.807) is 18.3 Å². The minimum Gasteiger partial charge on any atom is -0.450 e. The van der Waals surface area contributed by atoms with Gasteiger partial charge in [-0.25, -0.2) is 4.79 Å². The van der Waals surface area contributed by atoms with E-state index in [1.165, 1.54) is 15.3 Å². The average molecular weight is 366 g/mol. The maximum absolute atomic E-state index is 11.5. The van der Waals surface area contributed by atoms with E-state index in [1.807, 2.05) is 31.2 Å². The first kappa shape index (κ1) is 18.0. The predicted molar refractivity (Wildman–Crippen MR) is 109 cm³/mol. The van der Waals surface area contributed by atoms with Crippen LogP contribution in [0, 0.1) is 6.92 Å². The Morgan fingerprint density at radius 2 is 1.88 bits per heavy atom. The normalized spacial score (nSPS) is 10.4. The van der Waals surface area contributed by atoms with Crippen LogP contribution in [-0.2, 0) is 11.3 Å². The lowest BCUT2D eigenvalue weighted by atomic mass is 10.1. The van der Waals surface area contributed by atoms with Crippen LogP contribution in [0.15, 0.2) is 60.7 Å². The van der Waals surface area contributed by atoms with E-state index in [0.29, 0.717) is 6.61 Å². The number of amides is 1. The topological polar surface area (TPSA) is 50.4 Å². The molecule has 3 aromatic rings. The van der Waals surface area contributed by atoms with E-state index >= 15 is 0 Å². The number of nitrogens with one attached hydrogen (secondary N) is 2. The Hall–Kier alpha value is -2.79. The molecular weight excluding hydrogens is 344 g/mol. The van der Waals surface area contributed by atoms with Crippen molar-refractivity contribution in [2.75, 3.05) is 17.2 Å². The number of hydrogen-bond acceptors (Lipinski definition) is 4. The fourth-order valence-corrected chi connectivity index (χ4v) is 3.56. The third kappa shape index (κ3) is 4.64. The van der Waals surface area contributed by atoms with Gasteiger partial charge in [0.15, 0.2) is 0 Å². The van der Waals surface area contributed by atoms with Crippen molar-refractivity contribution in [3.05, 3.63) is 71.1 Å². The molecule has 1 heterocycles. The van der Waals surface area contributed by atoms with Crippen LogP contribution in [0.2, 0.25) is 0 Å². The Balaban J connectivity index is 1.61. The molecule has 26 heavy (non-hydrogen) atoms. The second kappa shape index (κ2) is 8.54. The molecule has 0 radical (unpaired) electrons. The lowest BCUT2D eigenvalue weighted by Gasteiger charge is -2.11. The summed E-state index contributed by atoms with van der Waals surface area (Å²) in [5.41, 5.74) is 4.01. The summed E-state index contributed by atoms with van der Waals surface area (Å²) < 4.78 is 4.91. The average Bonchev–Trinajstić information content (AvgIpc) is 3.12. The Kier molecular flexibility index (Phi) is 5.92. The summed E-state index contributed by atoms with van der Waals surface area (Å²) >= 11 is 1.79. The van der Waals surface area contributed by atoms with Crippen LogP contribution >= 0.6 is 11.3 Å². The van der Waals surface area contributed by atoms with Crippen LogP contribution in [0.3, 0.4) is 0 Å². The molecule has 4 nitrogen and oxygen atoms in total. The molecule has 0 spiro atoms. The first-order valence-corrected chi connectivity index (χ1v) is 9.40. The first-order valence-electron chi connectivity index (χ1n) is 8.58. The zero-order chi connectivity index (χ0) is 18.4. The summed E-state index contributed by atoms with van der Waals surface area (Å²) in [6, 6.07) is 20.6. The summed E-state index contributed by atoms with van der Waals surface area (Å²) in [4.78, 5) is 14.1. The molecule has 0 aliphatic rings. The summed E-state index contributed by atoms with van der Waals surface area (Å²) in [6.45, 7) is 4.87. The smallest absolute Gasteiger partial charge is 0.411 e. The van der Waals surface area contributed by atoms with Crippen molar-refractivity contribution in [2.24, 2.45) is 0 Å². The van der Waals surface area contributed by atoms with E-state index in [9.17, 15) is 4.79 Å². The van der Waals surface area contributed by atoms with Gasteiger partial charge < -0.3 is 10.1 Å². The highest BCUT2D eigenvalue weighted by atomic mass is 32.1. The van der Waals surface area contributed by atoms with Gasteiger partial charge in [0, 0.05) is 27.7 Å². The van der Waals surface area contributed by atoms with E-state index in [0.717, 1.165) is 23.5 Å². The largest absolute Gasteiger partial charge is 0.450 e. The minimum absolute atomic E-state index is 0.357. The Morgan fingerprint density at radius 3 is 2.62 bits per heavy atom. The summed E-state index contributed by atoms with van der Waals surface area (Å²) in [5.74, 6) is 0. The zero-order valence-corrected chi connectivity index (χ0v) is 15.7. The number of thiophene rings is 1. The summed E-state index contributed by atoms with van der Waals surface area (Å²) in [7, 11) is 0. The number of benzene rings is 2. The molecule has 0 aliphatic carbocycles. The van der Waals surface area contributed by atoms with E-state index < -0.39 is 6.09 Å². The Bertz CT molecular complexity index is 875. The number of rotatable bonds is 6. The Morgan fingerprint density at radius 1 is 1.08 bits per heavy atom. The van der Waals surface area contributed by atoms with Crippen LogP contribution in [0.5, 0.6) is 0 Å². The molecule has 3 rings (SSSR count). The molecule has 0 aliphatic heterocycles. The molecule has 2 N–H and O–H groups in total.